The second kappa shape index (κ2) is 8.03. The van der Waals surface area contributed by atoms with Crippen molar-refractivity contribution in [2.24, 2.45) is 17.4 Å². The fraction of sp³-hybridized carbons (Fsp3) is 0.333. The van der Waals surface area contributed by atoms with Crippen molar-refractivity contribution in [3.8, 4) is 0 Å². The average molecular weight is 347 g/mol. The summed E-state index contributed by atoms with van der Waals surface area (Å²) in [4.78, 5) is 0. The fourth-order valence-corrected chi connectivity index (χ4v) is 3.98. The minimum Gasteiger partial charge on any atom is -0.326 e. The van der Waals surface area contributed by atoms with Crippen molar-refractivity contribution in [3.05, 3.63) is 81.9 Å². The summed E-state index contributed by atoms with van der Waals surface area (Å²) in [6.07, 6.45) is 2.14. The highest BCUT2D eigenvalue weighted by atomic mass is 14.5. The third-order valence-corrected chi connectivity index (χ3v) is 5.53. The van der Waals surface area contributed by atoms with Crippen LogP contribution in [-0.2, 0) is 13.1 Å². The molecule has 0 aliphatic heterocycles. The minimum absolute atomic E-state index is 0.514. The molecule has 136 valence electrons. The van der Waals surface area contributed by atoms with Crippen LogP contribution >= 0.6 is 0 Å². The molecule has 2 aromatic rings. The van der Waals surface area contributed by atoms with Crippen LogP contribution in [0.15, 0.2) is 59.7 Å². The topological polar surface area (TPSA) is 52.0 Å². The number of allylic oxidation sites excluding steroid dienone is 4. The van der Waals surface area contributed by atoms with Crippen LogP contribution in [0.1, 0.15) is 55.9 Å². The Hall–Kier alpha value is -2.16. The Morgan fingerprint density at radius 1 is 0.923 bits per heavy atom. The van der Waals surface area contributed by atoms with Gasteiger partial charge < -0.3 is 11.5 Å². The standard InChI is InChI=1S/C24H30N2/c1-4-16(2)24-22(20-9-5-7-18(12-20)14-25)11-17(3)23(24)21-10-6-8-19(13-21)15-26/h5-10,12-13,16H,4,11,14-15,25-26H2,1-3H3. The van der Waals surface area contributed by atoms with E-state index in [9.17, 15) is 0 Å². The summed E-state index contributed by atoms with van der Waals surface area (Å²) in [5, 5.41) is 0. The third kappa shape index (κ3) is 3.53. The van der Waals surface area contributed by atoms with Crippen molar-refractivity contribution in [1.29, 1.82) is 0 Å². The van der Waals surface area contributed by atoms with Gasteiger partial charge in [0.2, 0.25) is 0 Å². The highest BCUT2D eigenvalue weighted by Crippen LogP contribution is 2.47. The first-order valence-electron chi connectivity index (χ1n) is 9.60. The van der Waals surface area contributed by atoms with Crippen molar-refractivity contribution in [2.45, 2.75) is 46.7 Å². The van der Waals surface area contributed by atoms with Gasteiger partial charge in [0.15, 0.2) is 0 Å². The fourth-order valence-electron chi connectivity index (χ4n) is 3.98. The van der Waals surface area contributed by atoms with Crippen molar-refractivity contribution in [3.63, 3.8) is 0 Å². The Bertz CT molecular complexity index is 858. The lowest BCUT2D eigenvalue weighted by Gasteiger charge is -2.19. The molecule has 3 rings (SSSR count). The van der Waals surface area contributed by atoms with Crippen LogP contribution in [0.3, 0.4) is 0 Å². The summed E-state index contributed by atoms with van der Waals surface area (Å²) in [5.74, 6) is 0.514. The van der Waals surface area contributed by atoms with Crippen LogP contribution in [0.4, 0.5) is 0 Å². The summed E-state index contributed by atoms with van der Waals surface area (Å²) >= 11 is 0. The molecule has 1 aliphatic rings. The highest BCUT2D eigenvalue weighted by molar-refractivity contribution is 5.97. The Labute approximate surface area is 157 Å². The van der Waals surface area contributed by atoms with E-state index in [1.807, 2.05) is 0 Å². The van der Waals surface area contributed by atoms with E-state index < -0.39 is 0 Å². The van der Waals surface area contributed by atoms with Gasteiger partial charge in [-0.2, -0.15) is 0 Å². The molecular weight excluding hydrogens is 316 g/mol. The van der Waals surface area contributed by atoms with Crippen molar-refractivity contribution in [2.75, 3.05) is 0 Å². The molecule has 0 bridgehead atoms. The molecule has 0 saturated heterocycles. The van der Waals surface area contributed by atoms with Gasteiger partial charge in [-0.05, 0) is 70.7 Å². The van der Waals surface area contributed by atoms with Crippen molar-refractivity contribution in [1.82, 2.24) is 0 Å². The van der Waals surface area contributed by atoms with Gasteiger partial charge in [0.05, 0.1) is 0 Å². The first-order valence-corrected chi connectivity index (χ1v) is 9.60. The zero-order valence-corrected chi connectivity index (χ0v) is 16.2. The molecule has 2 heteroatoms. The zero-order chi connectivity index (χ0) is 18.7. The summed E-state index contributed by atoms with van der Waals surface area (Å²) in [6, 6.07) is 17.4. The number of benzene rings is 2. The molecule has 0 spiro atoms. The van der Waals surface area contributed by atoms with Gasteiger partial charge in [-0.25, -0.2) is 0 Å². The molecule has 1 aliphatic carbocycles. The van der Waals surface area contributed by atoms with E-state index in [2.05, 4.69) is 69.3 Å². The number of nitrogens with two attached hydrogens (primary N) is 2. The largest absolute Gasteiger partial charge is 0.326 e. The summed E-state index contributed by atoms with van der Waals surface area (Å²) in [5.41, 5.74) is 22.6. The maximum atomic E-state index is 5.88. The van der Waals surface area contributed by atoms with Gasteiger partial charge >= 0.3 is 0 Å². The van der Waals surface area contributed by atoms with Gasteiger partial charge in [0.1, 0.15) is 0 Å². The van der Waals surface area contributed by atoms with Crippen LogP contribution in [0.5, 0.6) is 0 Å². The molecule has 0 radical (unpaired) electrons. The molecule has 0 saturated carbocycles. The van der Waals surface area contributed by atoms with E-state index in [-0.39, 0.29) is 0 Å². The van der Waals surface area contributed by atoms with E-state index in [0.717, 1.165) is 12.8 Å². The molecule has 0 heterocycles. The van der Waals surface area contributed by atoms with Crippen LogP contribution in [0.25, 0.3) is 11.1 Å². The normalized spacial score (nSPS) is 15.7. The molecular formula is C24H30N2. The second-order valence-electron chi connectivity index (χ2n) is 7.34. The summed E-state index contributed by atoms with van der Waals surface area (Å²) < 4.78 is 0. The molecule has 1 atom stereocenters. The number of rotatable bonds is 6. The molecule has 0 fully saturated rings. The summed E-state index contributed by atoms with van der Waals surface area (Å²) in [7, 11) is 0. The van der Waals surface area contributed by atoms with E-state index in [1.165, 1.54) is 44.5 Å². The Kier molecular flexibility index (Phi) is 5.75. The molecule has 1 unspecified atom stereocenters. The second-order valence-corrected chi connectivity index (χ2v) is 7.34. The first-order chi connectivity index (χ1) is 12.6. The SMILES string of the molecule is CCC(C)C1=C(c2cccc(CN)c2)CC(C)=C1c1cccc(CN)c1. The Balaban J connectivity index is 2.16. The van der Waals surface area contributed by atoms with Crippen molar-refractivity contribution < 1.29 is 0 Å². The van der Waals surface area contributed by atoms with Crippen molar-refractivity contribution >= 4 is 11.1 Å². The Morgan fingerprint density at radius 3 is 2.08 bits per heavy atom. The van der Waals surface area contributed by atoms with Crippen LogP contribution < -0.4 is 11.5 Å². The Morgan fingerprint density at radius 2 is 1.50 bits per heavy atom. The lowest BCUT2D eigenvalue weighted by molar-refractivity contribution is 0.676. The maximum Gasteiger partial charge on any atom is 0.0178 e. The van der Waals surface area contributed by atoms with E-state index in [0.29, 0.717) is 19.0 Å². The number of hydrogen-bond donors (Lipinski definition) is 2. The lowest BCUT2D eigenvalue weighted by atomic mass is 9.85. The molecule has 0 amide bonds. The zero-order valence-electron chi connectivity index (χ0n) is 16.2. The van der Waals surface area contributed by atoms with Gasteiger partial charge in [-0.3, -0.25) is 0 Å². The molecule has 0 aromatic heterocycles. The monoisotopic (exact) mass is 346 g/mol. The average Bonchev–Trinajstić information content (AvgIpc) is 3.04. The summed E-state index contributed by atoms with van der Waals surface area (Å²) in [6.45, 7) is 8.04. The lowest BCUT2D eigenvalue weighted by Crippen LogP contribution is -2.03. The molecule has 2 nitrogen and oxygen atoms in total. The maximum absolute atomic E-state index is 5.88. The smallest absolute Gasteiger partial charge is 0.0178 e. The van der Waals surface area contributed by atoms with E-state index >= 15 is 0 Å². The van der Waals surface area contributed by atoms with E-state index in [1.54, 1.807) is 0 Å². The van der Waals surface area contributed by atoms with E-state index in [4.69, 9.17) is 11.5 Å². The molecule has 4 N–H and O–H groups in total. The van der Waals surface area contributed by atoms with Gasteiger partial charge in [0.25, 0.3) is 0 Å². The quantitative estimate of drug-likeness (QED) is 0.747. The van der Waals surface area contributed by atoms with Gasteiger partial charge in [-0.15, -0.1) is 0 Å². The van der Waals surface area contributed by atoms with Crippen LogP contribution in [-0.4, -0.2) is 0 Å². The predicted molar refractivity (Wildman–Crippen MR) is 112 cm³/mol. The molecule has 26 heavy (non-hydrogen) atoms. The predicted octanol–water partition coefficient (Wildman–Crippen LogP) is 5.28. The highest BCUT2D eigenvalue weighted by Gasteiger charge is 2.27. The molecule has 2 aromatic carbocycles. The first kappa shape index (κ1) is 18.6. The number of hydrogen-bond acceptors (Lipinski definition) is 2. The minimum atomic E-state index is 0.514. The van der Waals surface area contributed by atoms with Crippen LogP contribution in [0, 0.1) is 5.92 Å². The third-order valence-electron chi connectivity index (χ3n) is 5.53. The van der Waals surface area contributed by atoms with Crippen LogP contribution in [0.2, 0.25) is 0 Å². The van der Waals surface area contributed by atoms with Gasteiger partial charge in [-0.1, -0.05) is 61.9 Å². The van der Waals surface area contributed by atoms with Gasteiger partial charge in [0, 0.05) is 13.1 Å².